The number of fused-ring (bicyclic) bond motifs is 6. The Balaban J connectivity index is 1.13. The number of hydrogen-bond acceptors (Lipinski definition) is 5. The molecule has 16 rings (SSSR count). The number of rotatable bonds is 15. The topological polar surface area (TPSA) is 46.6 Å². The fourth-order valence-electron chi connectivity index (χ4n) is 13.9. The predicted molar refractivity (Wildman–Crippen MR) is 393 cm³/mol. The average molecular weight is 1210 g/mol. The molecule has 0 saturated heterocycles. The highest BCUT2D eigenvalue weighted by Crippen LogP contribution is 2.58. The van der Waals surface area contributed by atoms with E-state index in [-0.39, 0.29) is 0 Å². The van der Waals surface area contributed by atoms with E-state index in [9.17, 15) is 5.26 Å². The Morgan fingerprint density at radius 1 is 0.255 bits per heavy atom. The summed E-state index contributed by atoms with van der Waals surface area (Å²) in [4.78, 5) is 9.45. The minimum absolute atomic E-state index is 0.468. The van der Waals surface area contributed by atoms with Gasteiger partial charge in [0.05, 0.1) is 44.8 Å². The normalized spacial score (nSPS) is 11.3. The monoisotopic (exact) mass is 1210 g/mol. The van der Waals surface area contributed by atoms with Crippen molar-refractivity contribution in [3.63, 3.8) is 0 Å². The summed E-state index contributed by atoms with van der Waals surface area (Å²) < 4.78 is 4.79. The van der Waals surface area contributed by atoms with Crippen molar-refractivity contribution < 1.29 is 0 Å². The molecular weight excluding hydrogens is 1140 g/mol. The van der Waals surface area contributed by atoms with Gasteiger partial charge < -0.3 is 28.7 Å². The van der Waals surface area contributed by atoms with E-state index in [1.165, 1.54) is 0 Å². The van der Waals surface area contributed by atoms with Crippen LogP contribution in [0.2, 0.25) is 0 Å². The number of nitriles is 1. The molecule has 0 amide bonds. The van der Waals surface area contributed by atoms with E-state index in [1.807, 2.05) is 0 Å². The summed E-state index contributed by atoms with van der Waals surface area (Å²) >= 11 is 0. The molecular formula is C87H63N7. The molecule has 0 saturated carbocycles. The van der Waals surface area contributed by atoms with Gasteiger partial charge in [-0.05, 0) is 176 Å². The number of aromatic nitrogens is 2. The lowest BCUT2D eigenvalue weighted by Gasteiger charge is -2.37. The molecule has 0 aliphatic carbocycles. The van der Waals surface area contributed by atoms with Crippen molar-refractivity contribution in [1.29, 1.82) is 5.26 Å². The Hall–Kier alpha value is -12.6. The zero-order chi connectivity index (χ0) is 63.1. The fourth-order valence-corrected chi connectivity index (χ4v) is 13.9. The first-order valence-electron chi connectivity index (χ1n) is 31.9. The van der Waals surface area contributed by atoms with Crippen molar-refractivity contribution in [2.75, 3.05) is 19.6 Å². The number of hydrogen-bond donors (Lipinski definition) is 0. The summed E-state index contributed by atoms with van der Waals surface area (Å²) in [5.41, 5.74) is 21.2. The van der Waals surface area contributed by atoms with Crippen molar-refractivity contribution in [1.82, 2.24) is 9.13 Å². The molecule has 2 aromatic heterocycles. The van der Waals surface area contributed by atoms with Gasteiger partial charge in [-0.1, -0.05) is 200 Å². The van der Waals surface area contributed by atoms with Crippen molar-refractivity contribution >= 4 is 112 Å². The minimum atomic E-state index is 0.468. The molecule has 0 atom stereocenters. The first-order valence-corrected chi connectivity index (χ1v) is 31.9. The van der Waals surface area contributed by atoms with Crippen LogP contribution in [0.15, 0.2) is 346 Å². The van der Waals surface area contributed by atoms with Gasteiger partial charge in [-0.25, -0.2) is 0 Å². The third-order valence-electron chi connectivity index (χ3n) is 17.9. The summed E-state index contributed by atoms with van der Waals surface area (Å²) in [6.07, 6.45) is 0. The van der Waals surface area contributed by atoms with Gasteiger partial charge in [0.1, 0.15) is 11.6 Å². The predicted octanol–water partition coefficient (Wildman–Crippen LogP) is 23.9. The lowest BCUT2D eigenvalue weighted by molar-refractivity contribution is 1.09. The van der Waals surface area contributed by atoms with Crippen molar-refractivity contribution in [2.24, 2.45) is 0 Å². The lowest BCUT2D eigenvalue weighted by atomic mass is 9.91. The van der Waals surface area contributed by atoms with Crippen LogP contribution in [0.4, 0.5) is 68.2 Å². The second-order valence-corrected chi connectivity index (χ2v) is 23.8. The molecule has 0 fully saturated rings. The largest absolute Gasteiger partial charge is 0.310 e. The lowest BCUT2D eigenvalue weighted by Crippen LogP contribution is -2.22. The molecule has 0 unspecified atom stereocenters. The first kappa shape index (κ1) is 56.6. The van der Waals surface area contributed by atoms with E-state index in [2.05, 4.69) is 394 Å². The molecule has 94 heavy (non-hydrogen) atoms. The average Bonchev–Trinajstić information content (AvgIpc) is 1.35. The van der Waals surface area contributed by atoms with E-state index < -0.39 is 0 Å². The van der Waals surface area contributed by atoms with Crippen LogP contribution in [-0.2, 0) is 0 Å². The first-order chi connectivity index (χ1) is 46.5. The molecule has 2 heterocycles. The van der Waals surface area contributed by atoms with Gasteiger partial charge in [0.2, 0.25) is 0 Å². The Morgan fingerprint density at radius 2 is 0.543 bits per heavy atom. The number of anilines is 12. The molecule has 0 aliphatic rings. The van der Waals surface area contributed by atoms with Crippen LogP contribution in [0.5, 0.6) is 0 Å². The van der Waals surface area contributed by atoms with Crippen LogP contribution in [0.3, 0.4) is 0 Å². The molecule has 0 radical (unpaired) electrons. The molecule has 0 spiro atoms. The minimum Gasteiger partial charge on any atom is -0.310 e. The smallest absolute Gasteiger partial charge is 0.104 e. The van der Waals surface area contributed by atoms with E-state index in [1.54, 1.807) is 0 Å². The Morgan fingerprint density at radius 3 is 0.883 bits per heavy atom. The summed E-state index contributed by atoms with van der Waals surface area (Å²) in [6.45, 7) is 4.31. The highest BCUT2D eigenvalue weighted by Gasteiger charge is 2.37. The number of nitrogens with zero attached hydrogens (tertiary/aromatic N) is 7. The van der Waals surface area contributed by atoms with Crippen LogP contribution >= 0.6 is 0 Å². The molecule has 446 valence electrons. The number of para-hydroxylation sites is 8. The van der Waals surface area contributed by atoms with E-state index >= 15 is 0 Å². The summed E-state index contributed by atoms with van der Waals surface area (Å²) in [6, 6.07) is 126. The zero-order valence-corrected chi connectivity index (χ0v) is 52.0. The van der Waals surface area contributed by atoms with Gasteiger partial charge >= 0.3 is 0 Å². The molecule has 16 aromatic rings. The van der Waals surface area contributed by atoms with E-state index in [4.69, 9.17) is 0 Å². The molecule has 0 aliphatic heterocycles. The maximum atomic E-state index is 13.3. The SMILES string of the molecule is Cc1cccc(N(c2ccccc2)c2c(-c3ccccc3)c(N(c3ccccc3)c3cccc(C)c3)c(-n3c4ccccc4c4cc(N(c5ccccc5)c5ccccc5)ccc43)c(C#N)c2-n2c3ccccc3c3cc(N(c4ccccc4)c4ccccc4)ccc32)c1. The Kier molecular flexibility index (Phi) is 14.6. The van der Waals surface area contributed by atoms with Gasteiger partial charge in [-0.2, -0.15) is 5.26 Å². The third-order valence-corrected chi connectivity index (χ3v) is 17.9. The number of benzene rings is 14. The van der Waals surface area contributed by atoms with Crippen molar-refractivity contribution in [3.8, 4) is 28.6 Å². The molecule has 0 N–H and O–H groups in total. The van der Waals surface area contributed by atoms with Gasteiger partial charge in [0, 0.05) is 84.0 Å². The van der Waals surface area contributed by atoms with Gasteiger partial charge in [-0.15, -0.1) is 0 Å². The molecule has 7 nitrogen and oxygen atoms in total. The maximum absolute atomic E-state index is 13.3. The van der Waals surface area contributed by atoms with Crippen LogP contribution in [0.1, 0.15) is 16.7 Å². The van der Waals surface area contributed by atoms with Crippen LogP contribution in [0, 0.1) is 25.2 Å². The highest BCUT2D eigenvalue weighted by molar-refractivity contribution is 6.17. The molecule has 7 heteroatoms. The van der Waals surface area contributed by atoms with Crippen LogP contribution in [-0.4, -0.2) is 9.13 Å². The van der Waals surface area contributed by atoms with Crippen LogP contribution < -0.4 is 19.6 Å². The van der Waals surface area contributed by atoms with Crippen molar-refractivity contribution in [3.05, 3.63) is 362 Å². The summed E-state index contributed by atoms with van der Waals surface area (Å²) in [5.74, 6) is 0. The molecule has 14 aromatic carbocycles. The quantitative estimate of drug-likeness (QED) is 0.102. The highest BCUT2D eigenvalue weighted by atomic mass is 15.2. The van der Waals surface area contributed by atoms with E-state index in [0.717, 1.165) is 134 Å². The van der Waals surface area contributed by atoms with Gasteiger partial charge in [0.15, 0.2) is 0 Å². The van der Waals surface area contributed by atoms with Crippen LogP contribution in [0.25, 0.3) is 66.1 Å². The van der Waals surface area contributed by atoms with Gasteiger partial charge in [-0.3, -0.25) is 0 Å². The Bertz CT molecular complexity index is 5080. The number of aryl methyl sites for hydroxylation is 2. The van der Waals surface area contributed by atoms with E-state index in [0.29, 0.717) is 16.9 Å². The Labute approximate surface area is 547 Å². The third kappa shape index (κ3) is 9.95. The van der Waals surface area contributed by atoms with Crippen molar-refractivity contribution in [2.45, 2.75) is 13.8 Å². The maximum Gasteiger partial charge on any atom is 0.104 e. The summed E-state index contributed by atoms with van der Waals surface area (Å²) in [7, 11) is 0. The summed E-state index contributed by atoms with van der Waals surface area (Å²) in [5, 5.41) is 17.5. The second kappa shape index (κ2) is 24.3. The zero-order valence-electron chi connectivity index (χ0n) is 52.0. The second-order valence-electron chi connectivity index (χ2n) is 23.8. The van der Waals surface area contributed by atoms with Gasteiger partial charge in [0.25, 0.3) is 0 Å². The fraction of sp³-hybridized carbons (Fsp3) is 0.0230. The molecule has 0 bridgehead atoms. The standard InChI is InChI=1S/C87H63N7/c1-61-30-28-46-70(56-61)91(68-42-20-8-21-43-68)86-83(63-32-10-3-11-33-63)87(92(69-44-22-9-23-45-69)71-47-29-31-62(2)57-71)85(94-80-51-27-25-49-75(80)77-59-73(53-55-82(77)94)90(66-38-16-6-17-39-66)67-40-18-7-19-41-67)78(60-88)84(86)93-79-50-26-24-48-74(79)76-58-72(52-54-81(76)93)89(64-34-12-4-13-35-64)65-36-14-5-15-37-65/h3-59H,1-2H3.